The molecule has 0 aliphatic heterocycles. The summed E-state index contributed by atoms with van der Waals surface area (Å²) in [5, 5.41) is 0. The van der Waals surface area contributed by atoms with E-state index in [1.165, 1.54) is 0 Å². The lowest BCUT2D eigenvalue weighted by atomic mass is 9.92. The van der Waals surface area contributed by atoms with Crippen molar-refractivity contribution in [2.45, 2.75) is 45.1 Å². The van der Waals surface area contributed by atoms with Crippen LogP contribution in [0.25, 0.3) is 0 Å². The number of hydrogen-bond donors (Lipinski definition) is 0. The molecule has 1 aromatic carbocycles. The molecule has 0 unspecified atom stereocenters. The first kappa shape index (κ1) is 11.2. The van der Waals surface area contributed by atoms with Crippen LogP contribution in [-0.4, -0.2) is 11.9 Å². The SMILES string of the molecule is CC(=O)C1(c2ccc(OC(C)C)cc2)CC1. The highest BCUT2D eigenvalue weighted by Gasteiger charge is 2.48. The second kappa shape index (κ2) is 3.93. The van der Waals surface area contributed by atoms with Crippen molar-refractivity contribution >= 4 is 5.78 Å². The van der Waals surface area contributed by atoms with Gasteiger partial charge in [-0.1, -0.05) is 12.1 Å². The average Bonchev–Trinajstić information content (AvgIpc) is 2.98. The Bertz CT molecular complexity index is 386. The fourth-order valence-corrected chi connectivity index (χ4v) is 2.09. The number of carbonyl (C=O) groups excluding carboxylic acids is 1. The minimum atomic E-state index is -0.170. The second-order valence-electron chi connectivity index (χ2n) is 4.83. The summed E-state index contributed by atoms with van der Waals surface area (Å²) in [4.78, 5) is 11.6. The van der Waals surface area contributed by atoms with Crippen LogP contribution in [0.5, 0.6) is 5.75 Å². The summed E-state index contributed by atoms with van der Waals surface area (Å²) in [6, 6.07) is 7.95. The van der Waals surface area contributed by atoms with Gasteiger partial charge < -0.3 is 4.74 Å². The van der Waals surface area contributed by atoms with Gasteiger partial charge in [0, 0.05) is 0 Å². The van der Waals surface area contributed by atoms with Gasteiger partial charge in [-0.15, -0.1) is 0 Å². The Labute approximate surface area is 96.6 Å². The van der Waals surface area contributed by atoms with Gasteiger partial charge in [0.15, 0.2) is 0 Å². The minimum absolute atomic E-state index is 0.170. The Morgan fingerprint density at radius 2 is 1.81 bits per heavy atom. The number of benzene rings is 1. The molecule has 1 aliphatic rings. The number of ether oxygens (including phenoxy) is 1. The van der Waals surface area contributed by atoms with E-state index in [-0.39, 0.29) is 17.3 Å². The predicted octanol–water partition coefficient (Wildman–Crippen LogP) is 3.09. The van der Waals surface area contributed by atoms with Crippen LogP contribution in [0, 0.1) is 0 Å². The van der Waals surface area contributed by atoms with Crippen LogP contribution in [-0.2, 0) is 10.2 Å². The van der Waals surface area contributed by atoms with Crippen LogP contribution < -0.4 is 4.74 Å². The van der Waals surface area contributed by atoms with Crippen molar-refractivity contribution in [3.63, 3.8) is 0 Å². The molecule has 2 nitrogen and oxygen atoms in total. The molecule has 1 fully saturated rings. The summed E-state index contributed by atoms with van der Waals surface area (Å²) in [6.07, 6.45) is 2.17. The van der Waals surface area contributed by atoms with Crippen molar-refractivity contribution in [2.75, 3.05) is 0 Å². The lowest BCUT2D eigenvalue weighted by molar-refractivity contribution is -0.119. The van der Waals surface area contributed by atoms with Gasteiger partial charge >= 0.3 is 0 Å². The first-order valence-electron chi connectivity index (χ1n) is 5.83. The molecule has 0 atom stereocenters. The predicted molar refractivity (Wildman–Crippen MR) is 63.8 cm³/mol. The Hall–Kier alpha value is -1.31. The fraction of sp³-hybridized carbons (Fsp3) is 0.500. The molecule has 2 rings (SSSR count). The summed E-state index contributed by atoms with van der Waals surface area (Å²) in [5.41, 5.74) is 0.965. The van der Waals surface area contributed by atoms with E-state index in [9.17, 15) is 4.79 Å². The molecule has 1 saturated carbocycles. The summed E-state index contributed by atoms with van der Waals surface area (Å²) in [5.74, 6) is 1.16. The van der Waals surface area contributed by atoms with E-state index in [0.717, 1.165) is 24.2 Å². The molecule has 0 N–H and O–H groups in total. The van der Waals surface area contributed by atoms with Crippen molar-refractivity contribution < 1.29 is 9.53 Å². The van der Waals surface area contributed by atoms with Crippen molar-refractivity contribution in [2.24, 2.45) is 0 Å². The van der Waals surface area contributed by atoms with Crippen LogP contribution in [0.1, 0.15) is 39.2 Å². The first-order valence-corrected chi connectivity index (χ1v) is 5.83. The molecule has 1 aliphatic carbocycles. The van der Waals surface area contributed by atoms with Gasteiger partial charge in [-0.2, -0.15) is 0 Å². The summed E-state index contributed by atoms with van der Waals surface area (Å²) in [6.45, 7) is 5.70. The molecular weight excluding hydrogens is 200 g/mol. The van der Waals surface area contributed by atoms with Crippen LogP contribution in [0.4, 0.5) is 0 Å². The normalized spacial score (nSPS) is 17.2. The molecule has 16 heavy (non-hydrogen) atoms. The van der Waals surface area contributed by atoms with Crippen molar-refractivity contribution in [3.05, 3.63) is 29.8 Å². The number of rotatable bonds is 4. The first-order chi connectivity index (χ1) is 7.54. The Balaban J connectivity index is 2.17. The number of carbonyl (C=O) groups is 1. The Morgan fingerprint density at radius 1 is 1.25 bits per heavy atom. The zero-order valence-electron chi connectivity index (χ0n) is 10.1. The average molecular weight is 218 g/mol. The third-order valence-electron chi connectivity index (χ3n) is 3.20. The van der Waals surface area contributed by atoms with E-state index in [4.69, 9.17) is 4.74 Å². The van der Waals surface area contributed by atoms with Crippen LogP contribution in [0.3, 0.4) is 0 Å². The van der Waals surface area contributed by atoms with Gasteiger partial charge in [-0.3, -0.25) is 4.79 Å². The minimum Gasteiger partial charge on any atom is -0.491 e. The molecule has 86 valence electrons. The quantitative estimate of drug-likeness (QED) is 0.776. The topological polar surface area (TPSA) is 26.3 Å². The van der Waals surface area contributed by atoms with Gasteiger partial charge in [-0.25, -0.2) is 0 Å². The van der Waals surface area contributed by atoms with Gasteiger partial charge in [-0.05, 0) is 51.3 Å². The van der Waals surface area contributed by atoms with Crippen LogP contribution >= 0.6 is 0 Å². The van der Waals surface area contributed by atoms with E-state index in [0.29, 0.717) is 0 Å². The van der Waals surface area contributed by atoms with Crippen molar-refractivity contribution in [1.29, 1.82) is 0 Å². The summed E-state index contributed by atoms with van der Waals surface area (Å²) in [7, 11) is 0. The molecule has 0 spiro atoms. The lowest BCUT2D eigenvalue weighted by Crippen LogP contribution is -2.16. The van der Waals surface area contributed by atoms with E-state index in [1.54, 1.807) is 6.92 Å². The maximum absolute atomic E-state index is 11.6. The molecule has 0 bridgehead atoms. The molecule has 0 heterocycles. The summed E-state index contributed by atoms with van der Waals surface area (Å²) >= 11 is 0. The zero-order valence-corrected chi connectivity index (χ0v) is 10.1. The molecular formula is C14H18O2. The molecule has 0 radical (unpaired) electrons. The largest absolute Gasteiger partial charge is 0.491 e. The zero-order chi connectivity index (χ0) is 11.8. The van der Waals surface area contributed by atoms with Crippen molar-refractivity contribution in [1.82, 2.24) is 0 Å². The second-order valence-corrected chi connectivity index (χ2v) is 4.83. The van der Waals surface area contributed by atoms with E-state index in [2.05, 4.69) is 0 Å². The standard InChI is InChI=1S/C14H18O2/c1-10(2)16-13-6-4-12(5-7-13)14(8-9-14)11(3)15/h4-7,10H,8-9H2,1-3H3. The van der Waals surface area contributed by atoms with Crippen molar-refractivity contribution in [3.8, 4) is 5.75 Å². The molecule has 1 aromatic rings. The number of ketones is 1. The van der Waals surface area contributed by atoms with E-state index < -0.39 is 0 Å². The fourth-order valence-electron chi connectivity index (χ4n) is 2.09. The van der Waals surface area contributed by atoms with Crippen LogP contribution in [0.2, 0.25) is 0 Å². The van der Waals surface area contributed by atoms with Gasteiger partial charge in [0.25, 0.3) is 0 Å². The molecule has 0 aromatic heterocycles. The van der Waals surface area contributed by atoms with E-state index >= 15 is 0 Å². The Kier molecular flexibility index (Phi) is 2.75. The third kappa shape index (κ3) is 1.97. The third-order valence-corrected chi connectivity index (χ3v) is 3.20. The lowest BCUT2D eigenvalue weighted by Gasteiger charge is -2.14. The smallest absolute Gasteiger partial charge is 0.140 e. The molecule has 2 heteroatoms. The highest BCUT2D eigenvalue weighted by atomic mass is 16.5. The number of Topliss-reactive ketones (excluding diaryl/α,β-unsaturated/α-hetero) is 1. The monoisotopic (exact) mass is 218 g/mol. The maximum atomic E-state index is 11.6. The molecule has 0 saturated heterocycles. The van der Waals surface area contributed by atoms with Gasteiger partial charge in [0.05, 0.1) is 11.5 Å². The van der Waals surface area contributed by atoms with Crippen LogP contribution in [0.15, 0.2) is 24.3 Å². The molecule has 0 amide bonds. The van der Waals surface area contributed by atoms with Gasteiger partial charge in [0.1, 0.15) is 11.5 Å². The highest BCUT2D eigenvalue weighted by Crippen LogP contribution is 2.49. The summed E-state index contributed by atoms with van der Waals surface area (Å²) < 4.78 is 5.58. The van der Waals surface area contributed by atoms with E-state index in [1.807, 2.05) is 38.1 Å². The Morgan fingerprint density at radius 3 is 2.19 bits per heavy atom. The maximum Gasteiger partial charge on any atom is 0.140 e. The van der Waals surface area contributed by atoms with Gasteiger partial charge in [0.2, 0.25) is 0 Å². The number of hydrogen-bond acceptors (Lipinski definition) is 2. The highest BCUT2D eigenvalue weighted by molar-refractivity contribution is 5.91.